The minimum atomic E-state index is -0.652. The molecule has 0 aromatic heterocycles. The third kappa shape index (κ3) is 3.96. The second-order valence-corrected chi connectivity index (χ2v) is 3.46. The van der Waals surface area contributed by atoms with Gasteiger partial charge >= 0.3 is 5.97 Å². The third-order valence-corrected chi connectivity index (χ3v) is 2.32. The maximum Gasteiger partial charge on any atom is 0.307 e. The summed E-state index contributed by atoms with van der Waals surface area (Å²) in [5.74, 6) is -0.891. The van der Waals surface area contributed by atoms with Crippen molar-refractivity contribution in [2.24, 2.45) is 5.73 Å². The largest absolute Gasteiger partial charge is 0.469 e. The predicted octanol–water partition coefficient (Wildman–Crippen LogP) is 2.46. The molecular formula is C10H12Cl2FNO2. The molecule has 0 amide bonds. The Balaban J connectivity index is 0.00000225. The molecule has 0 fully saturated rings. The van der Waals surface area contributed by atoms with Crippen molar-refractivity contribution < 1.29 is 13.9 Å². The molecule has 1 aromatic rings. The molecule has 0 saturated heterocycles. The van der Waals surface area contributed by atoms with Crippen molar-refractivity contribution in [1.29, 1.82) is 0 Å². The minimum absolute atomic E-state index is 0. The monoisotopic (exact) mass is 267 g/mol. The van der Waals surface area contributed by atoms with Crippen molar-refractivity contribution in [1.82, 2.24) is 0 Å². The lowest BCUT2D eigenvalue weighted by Gasteiger charge is -2.12. The van der Waals surface area contributed by atoms with Crippen LogP contribution in [0.1, 0.15) is 18.0 Å². The van der Waals surface area contributed by atoms with Gasteiger partial charge in [0.1, 0.15) is 5.82 Å². The first-order chi connectivity index (χ1) is 7.04. The quantitative estimate of drug-likeness (QED) is 0.857. The first kappa shape index (κ1) is 15.2. The number of ether oxygens (including phenoxy) is 1. The average molecular weight is 268 g/mol. The minimum Gasteiger partial charge on any atom is -0.469 e. The molecule has 0 spiro atoms. The van der Waals surface area contributed by atoms with E-state index in [0.29, 0.717) is 10.6 Å². The Labute approximate surface area is 104 Å². The molecule has 16 heavy (non-hydrogen) atoms. The summed E-state index contributed by atoms with van der Waals surface area (Å²) in [6.45, 7) is 0. The molecule has 1 rings (SSSR count). The summed E-state index contributed by atoms with van der Waals surface area (Å²) < 4.78 is 17.4. The highest BCUT2D eigenvalue weighted by Crippen LogP contribution is 2.24. The van der Waals surface area contributed by atoms with Gasteiger partial charge in [-0.2, -0.15) is 0 Å². The van der Waals surface area contributed by atoms with E-state index in [0.717, 1.165) is 0 Å². The normalized spacial score (nSPS) is 11.5. The molecule has 0 radical (unpaired) electrons. The number of carbonyl (C=O) groups excluding carboxylic acids is 1. The summed E-state index contributed by atoms with van der Waals surface area (Å²) in [5.41, 5.74) is 6.09. The standard InChI is InChI=1S/C10H11ClFNO2.ClH/c1-15-10(14)5-9(13)7-4-6(12)2-3-8(7)11;/h2-4,9H,5,13H2,1H3;1H/t9-;/m1./s1. The Kier molecular flexibility index (Phi) is 6.33. The summed E-state index contributed by atoms with van der Waals surface area (Å²) in [6.07, 6.45) is -0.0281. The van der Waals surface area contributed by atoms with Gasteiger partial charge in [-0.15, -0.1) is 12.4 Å². The van der Waals surface area contributed by atoms with E-state index < -0.39 is 17.8 Å². The Morgan fingerprint density at radius 3 is 2.81 bits per heavy atom. The van der Waals surface area contributed by atoms with Crippen molar-refractivity contribution in [3.8, 4) is 0 Å². The van der Waals surface area contributed by atoms with Crippen LogP contribution in [-0.2, 0) is 9.53 Å². The molecule has 2 N–H and O–H groups in total. The van der Waals surface area contributed by atoms with E-state index in [1.54, 1.807) is 0 Å². The topological polar surface area (TPSA) is 52.3 Å². The number of nitrogens with two attached hydrogens (primary N) is 1. The molecule has 0 aliphatic rings. The smallest absolute Gasteiger partial charge is 0.307 e. The van der Waals surface area contributed by atoms with E-state index in [1.807, 2.05) is 0 Å². The first-order valence-corrected chi connectivity index (χ1v) is 4.69. The summed E-state index contributed by atoms with van der Waals surface area (Å²) in [6, 6.07) is 3.20. The van der Waals surface area contributed by atoms with Crippen LogP contribution in [0.15, 0.2) is 18.2 Å². The SMILES string of the molecule is COC(=O)C[C@@H](N)c1cc(F)ccc1Cl.Cl. The second kappa shape index (κ2) is 6.68. The number of halogens is 3. The van der Waals surface area contributed by atoms with Crippen molar-refractivity contribution in [3.63, 3.8) is 0 Å². The van der Waals surface area contributed by atoms with E-state index in [2.05, 4.69) is 4.74 Å². The maximum absolute atomic E-state index is 12.9. The molecular weight excluding hydrogens is 256 g/mol. The van der Waals surface area contributed by atoms with E-state index in [-0.39, 0.29) is 18.8 Å². The Hall–Kier alpha value is -0.840. The zero-order valence-corrected chi connectivity index (χ0v) is 10.1. The molecule has 3 nitrogen and oxygen atoms in total. The molecule has 0 bridgehead atoms. The lowest BCUT2D eigenvalue weighted by molar-refractivity contribution is -0.141. The Bertz CT molecular complexity index is 374. The summed E-state index contributed by atoms with van der Waals surface area (Å²) in [7, 11) is 1.27. The number of hydrogen-bond donors (Lipinski definition) is 1. The van der Waals surface area contributed by atoms with Crippen LogP contribution in [0.2, 0.25) is 5.02 Å². The van der Waals surface area contributed by atoms with Crippen LogP contribution in [0.3, 0.4) is 0 Å². The highest BCUT2D eigenvalue weighted by Gasteiger charge is 2.15. The van der Waals surface area contributed by atoms with E-state index >= 15 is 0 Å². The van der Waals surface area contributed by atoms with Gasteiger partial charge in [0, 0.05) is 11.1 Å². The van der Waals surface area contributed by atoms with Gasteiger partial charge in [0.15, 0.2) is 0 Å². The van der Waals surface area contributed by atoms with Gasteiger partial charge < -0.3 is 10.5 Å². The highest BCUT2D eigenvalue weighted by molar-refractivity contribution is 6.31. The number of rotatable bonds is 3. The zero-order chi connectivity index (χ0) is 11.4. The average Bonchev–Trinajstić information content (AvgIpc) is 2.21. The molecule has 6 heteroatoms. The molecule has 0 heterocycles. The van der Waals surface area contributed by atoms with Crippen molar-refractivity contribution in [2.75, 3.05) is 7.11 Å². The molecule has 0 aliphatic heterocycles. The highest BCUT2D eigenvalue weighted by atomic mass is 35.5. The van der Waals surface area contributed by atoms with Crippen molar-refractivity contribution in [3.05, 3.63) is 34.6 Å². The second-order valence-electron chi connectivity index (χ2n) is 3.05. The number of carbonyl (C=O) groups is 1. The van der Waals surface area contributed by atoms with Crippen LogP contribution in [0.25, 0.3) is 0 Å². The first-order valence-electron chi connectivity index (χ1n) is 4.32. The summed E-state index contributed by atoms with van der Waals surface area (Å²) in [5, 5.41) is 0.341. The predicted molar refractivity (Wildman–Crippen MR) is 62.2 cm³/mol. The van der Waals surface area contributed by atoms with Crippen LogP contribution in [0.5, 0.6) is 0 Å². The fraction of sp³-hybridized carbons (Fsp3) is 0.300. The lowest BCUT2D eigenvalue weighted by atomic mass is 10.0. The number of benzene rings is 1. The summed E-state index contributed by atoms with van der Waals surface area (Å²) >= 11 is 5.82. The van der Waals surface area contributed by atoms with E-state index in [4.69, 9.17) is 17.3 Å². The van der Waals surface area contributed by atoms with Gasteiger partial charge in [0.05, 0.1) is 13.5 Å². The van der Waals surface area contributed by atoms with Crippen molar-refractivity contribution >= 4 is 30.0 Å². The number of hydrogen-bond acceptors (Lipinski definition) is 3. The number of esters is 1. The van der Waals surface area contributed by atoms with Gasteiger partial charge in [-0.3, -0.25) is 4.79 Å². The van der Waals surface area contributed by atoms with Crippen LogP contribution in [0, 0.1) is 5.82 Å². The van der Waals surface area contributed by atoms with Crippen LogP contribution in [0.4, 0.5) is 4.39 Å². The lowest BCUT2D eigenvalue weighted by Crippen LogP contribution is -2.16. The zero-order valence-electron chi connectivity index (χ0n) is 8.57. The van der Waals surface area contributed by atoms with E-state index in [9.17, 15) is 9.18 Å². The number of methoxy groups -OCH3 is 1. The third-order valence-electron chi connectivity index (χ3n) is 1.97. The van der Waals surface area contributed by atoms with Crippen LogP contribution < -0.4 is 5.73 Å². The van der Waals surface area contributed by atoms with Gasteiger partial charge in [0.2, 0.25) is 0 Å². The molecule has 0 unspecified atom stereocenters. The Morgan fingerprint density at radius 1 is 1.62 bits per heavy atom. The molecule has 0 saturated carbocycles. The van der Waals surface area contributed by atoms with Gasteiger partial charge in [-0.1, -0.05) is 11.6 Å². The van der Waals surface area contributed by atoms with Crippen LogP contribution >= 0.6 is 24.0 Å². The van der Waals surface area contributed by atoms with Crippen molar-refractivity contribution in [2.45, 2.75) is 12.5 Å². The molecule has 0 aliphatic carbocycles. The molecule has 1 aromatic carbocycles. The fourth-order valence-corrected chi connectivity index (χ4v) is 1.43. The van der Waals surface area contributed by atoms with Gasteiger partial charge in [0.25, 0.3) is 0 Å². The van der Waals surface area contributed by atoms with Gasteiger partial charge in [-0.05, 0) is 23.8 Å². The van der Waals surface area contributed by atoms with E-state index in [1.165, 1.54) is 25.3 Å². The Morgan fingerprint density at radius 2 is 2.25 bits per heavy atom. The van der Waals surface area contributed by atoms with Crippen LogP contribution in [-0.4, -0.2) is 13.1 Å². The fourth-order valence-electron chi connectivity index (χ4n) is 1.17. The molecule has 90 valence electrons. The summed E-state index contributed by atoms with van der Waals surface area (Å²) in [4.78, 5) is 11.0. The molecule has 1 atom stereocenters. The maximum atomic E-state index is 12.9. The van der Waals surface area contributed by atoms with Gasteiger partial charge in [-0.25, -0.2) is 4.39 Å².